The lowest BCUT2D eigenvalue weighted by atomic mass is 10.1. The maximum atomic E-state index is 9.75. The molecule has 2 N–H and O–H groups in total. The number of nitrogens with zero attached hydrogens (tertiary/aromatic N) is 1. The van der Waals surface area contributed by atoms with Gasteiger partial charge in [-0.1, -0.05) is 13.8 Å². The van der Waals surface area contributed by atoms with Crippen molar-refractivity contribution in [1.82, 2.24) is 0 Å². The monoisotopic (exact) mass is 220 g/mol. The Morgan fingerprint density at radius 3 is 2.38 bits per heavy atom. The van der Waals surface area contributed by atoms with Crippen LogP contribution in [0, 0.1) is 6.92 Å². The Balaban J connectivity index is 0.000000606. The number of aryl methyl sites for hydroxylation is 2. The van der Waals surface area contributed by atoms with Gasteiger partial charge >= 0.3 is 0 Å². The number of rotatable bonds is 0. The second-order valence-corrected chi connectivity index (χ2v) is 3.45. The molecule has 1 heterocycles. The SMILES string of the molecule is CC.Cc1cc2ccc[n+](C)c2c(O)c1O. The van der Waals surface area contributed by atoms with E-state index in [0.717, 1.165) is 5.39 Å². The zero-order valence-corrected chi connectivity index (χ0v) is 10.2. The van der Waals surface area contributed by atoms with E-state index in [0.29, 0.717) is 11.1 Å². The molecule has 86 valence electrons. The van der Waals surface area contributed by atoms with Gasteiger partial charge in [-0.3, -0.25) is 0 Å². The van der Waals surface area contributed by atoms with Crippen LogP contribution in [-0.2, 0) is 7.05 Å². The molecule has 0 aliphatic rings. The first-order valence-electron chi connectivity index (χ1n) is 5.41. The minimum atomic E-state index is -0.0527. The van der Waals surface area contributed by atoms with Gasteiger partial charge in [-0.05, 0) is 24.6 Å². The van der Waals surface area contributed by atoms with Crippen molar-refractivity contribution in [3.63, 3.8) is 0 Å². The summed E-state index contributed by atoms with van der Waals surface area (Å²) in [6.45, 7) is 5.77. The highest BCUT2D eigenvalue weighted by Gasteiger charge is 2.15. The number of fused-ring (bicyclic) bond motifs is 1. The predicted molar refractivity (Wildman–Crippen MR) is 64.5 cm³/mol. The fraction of sp³-hybridized carbons (Fsp3) is 0.308. The highest BCUT2D eigenvalue weighted by molar-refractivity contribution is 5.85. The topological polar surface area (TPSA) is 44.3 Å². The first-order chi connectivity index (χ1) is 7.61. The van der Waals surface area contributed by atoms with Crippen molar-refractivity contribution in [2.24, 2.45) is 7.05 Å². The number of phenolic OH excluding ortho intramolecular Hbond substituents is 2. The zero-order valence-electron chi connectivity index (χ0n) is 10.2. The van der Waals surface area contributed by atoms with Crippen molar-refractivity contribution < 1.29 is 14.8 Å². The Morgan fingerprint density at radius 1 is 1.12 bits per heavy atom. The summed E-state index contributed by atoms with van der Waals surface area (Å²) >= 11 is 0. The minimum Gasteiger partial charge on any atom is -0.504 e. The van der Waals surface area contributed by atoms with Crippen molar-refractivity contribution in [3.05, 3.63) is 30.0 Å². The van der Waals surface area contributed by atoms with Gasteiger partial charge in [-0.2, -0.15) is 4.57 Å². The molecular formula is C13H18NO2+. The molecule has 0 saturated carbocycles. The van der Waals surface area contributed by atoms with Gasteiger partial charge in [0, 0.05) is 6.07 Å². The van der Waals surface area contributed by atoms with Gasteiger partial charge in [0.15, 0.2) is 11.9 Å². The van der Waals surface area contributed by atoms with Gasteiger partial charge in [-0.25, -0.2) is 0 Å². The lowest BCUT2D eigenvalue weighted by Gasteiger charge is -2.04. The predicted octanol–water partition coefficient (Wildman–Crippen LogP) is 2.41. The van der Waals surface area contributed by atoms with Crippen LogP contribution >= 0.6 is 0 Å². The van der Waals surface area contributed by atoms with Gasteiger partial charge in [0.25, 0.3) is 5.52 Å². The molecule has 0 spiro atoms. The standard InChI is InChI=1S/C11H11NO2.C2H6/c1-7-6-8-4-3-5-12(2)9(8)11(14)10(7)13;1-2/h3-6,14H,1-2H3;1-2H3/p+1. The van der Waals surface area contributed by atoms with Crippen LogP contribution in [-0.4, -0.2) is 10.2 Å². The molecule has 0 unspecified atom stereocenters. The largest absolute Gasteiger partial charge is 0.504 e. The van der Waals surface area contributed by atoms with Crippen molar-refractivity contribution in [2.75, 3.05) is 0 Å². The summed E-state index contributed by atoms with van der Waals surface area (Å²) in [5.74, 6) is -0.0950. The van der Waals surface area contributed by atoms with E-state index in [1.54, 1.807) is 11.5 Å². The van der Waals surface area contributed by atoms with E-state index in [1.807, 2.05) is 45.3 Å². The Morgan fingerprint density at radius 2 is 1.75 bits per heavy atom. The molecule has 0 aliphatic heterocycles. The van der Waals surface area contributed by atoms with Crippen LogP contribution in [0.1, 0.15) is 19.4 Å². The molecule has 0 aliphatic carbocycles. The third kappa shape index (κ3) is 1.94. The second-order valence-electron chi connectivity index (χ2n) is 3.45. The summed E-state index contributed by atoms with van der Waals surface area (Å²) in [4.78, 5) is 0. The maximum absolute atomic E-state index is 9.75. The number of hydrogen-bond acceptors (Lipinski definition) is 2. The average molecular weight is 220 g/mol. The molecule has 2 rings (SSSR count). The third-order valence-electron chi connectivity index (χ3n) is 2.41. The normalized spacial score (nSPS) is 9.75. The van der Waals surface area contributed by atoms with Crippen molar-refractivity contribution in [1.29, 1.82) is 0 Å². The highest BCUT2D eigenvalue weighted by atomic mass is 16.3. The molecule has 0 radical (unpaired) electrons. The third-order valence-corrected chi connectivity index (χ3v) is 2.41. The van der Waals surface area contributed by atoms with Crippen molar-refractivity contribution in [2.45, 2.75) is 20.8 Å². The summed E-state index contributed by atoms with van der Waals surface area (Å²) in [5.41, 5.74) is 1.33. The van der Waals surface area contributed by atoms with Gasteiger partial charge in [0.05, 0.1) is 5.39 Å². The van der Waals surface area contributed by atoms with E-state index < -0.39 is 0 Å². The first-order valence-corrected chi connectivity index (χ1v) is 5.41. The molecule has 1 aromatic carbocycles. The molecule has 0 fully saturated rings. The van der Waals surface area contributed by atoms with Crippen LogP contribution in [0.2, 0.25) is 0 Å². The molecule has 2 aromatic rings. The van der Waals surface area contributed by atoms with E-state index in [4.69, 9.17) is 0 Å². The number of hydrogen-bond donors (Lipinski definition) is 2. The van der Waals surface area contributed by atoms with Crippen LogP contribution in [0.5, 0.6) is 11.5 Å². The number of benzene rings is 1. The lowest BCUT2D eigenvalue weighted by molar-refractivity contribution is -0.645. The average Bonchev–Trinajstić information content (AvgIpc) is 2.28. The fourth-order valence-electron chi connectivity index (χ4n) is 1.65. The Kier molecular flexibility index (Phi) is 3.72. The van der Waals surface area contributed by atoms with Crippen molar-refractivity contribution in [3.8, 4) is 11.5 Å². The Hall–Kier alpha value is -1.77. The van der Waals surface area contributed by atoms with E-state index in [9.17, 15) is 10.2 Å². The number of phenols is 2. The van der Waals surface area contributed by atoms with Crippen LogP contribution in [0.15, 0.2) is 24.4 Å². The van der Waals surface area contributed by atoms with Gasteiger partial charge in [0.2, 0.25) is 5.75 Å². The van der Waals surface area contributed by atoms with Crippen LogP contribution < -0.4 is 4.57 Å². The van der Waals surface area contributed by atoms with E-state index in [-0.39, 0.29) is 11.5 Å². The molecule has 0 saturated heterocycles. The maximum Gasteiger partial charge on any atom is 0.258 e. The fourth-order valence-corrected chi connectivity index (χ4v) is 1.65. The van der Waals surface area contributed by atoms with Crippen LogP contribution in [0.25, 0.3) is 10.9 Å². The number of aromatic nitrogens is 1. The molecule has 3 nitrogen and oxygen atoms in total. The summed E-state index contributed by atoms with van der Waals surface area (Å²) < 4.78 is 1.78. The number of pyridine rings is 1. The molecular weight excluding hydrogens is 202 g/mol. The summed E-state index contributed by atoms with van der Waals surface area (Å²) in [5, 5.41) is 20.2. The summed E-state index contributed by atoms with van der Waals surface area (Å²) in [6.07, 6.45) is 1.83. The van der Waals surface area contributed by atoms with Gasteiger partial charge in [0.1, 0.15) is 7.05 Å². The van der Waals surface area contributed by atoms with E-state index in [2.05, 4.69) is 0 Å². The smallest absolute Gasteiger partial charge is 0.258 e. The van der Waals surface area contributed by atoms with Gasteiger partial charge in [-0.15, -0.1) is 0 Å². The summed E-state index contributed by atoms with van der Waals surface area (Å²) in [7, 11) is 1.83. The molecule has 0 bridgehead atoms. The molecule has 1 aromatic heterocycles. The second kappa shape index (κ2) is 4.84. The van der Waals surface area contributed by atoms with Crippen LogP contribution in [0.3, 0.4) is 0 Å². The van der Waals surface area contributed by atoms with Crippen molar-refractivity contribution >= 4 is 10.9 Å². The molecule has 0 amide bonds. The Labute approximate surface area is 95.6 Å². The molecule has 0 atom stereocenters. The first kappa shape index (κ1) is 12.3. The minimum absolute atomic E-state index is 0.0423. The summed E-state index contributed by atoms with van der Waals surface area (Å²) in [6, 6.07) is 5.66. The molecule has 16 heavy (non-hydrogen) atoms. The van der Waals surface area contributed by atoms with E-state index in [1.165, 1.54) is 0 Å². The van der Waals surface area contributed by atoms with E-state index >= 15 is 0 Å². The highest BCUT2D eigenvalue weighted by Crippen LogP contribution is 2.34. The molecule has 3 heteroatoms. The van der Waals surface area contributed by atoms with Crippen LogP contribution in [0.4, 0.5) is 0 Å². The number of aromatic hydroxyl groups is 2. The quantitative estimate of drug-likeness (QED) is 0.529. The zero-order chi connectivity index (χ0) is 12.3. The Bertz CT molecular complexity index is 507. The van der Waals surface area contributed by atoms with Gasteiger partial charge < -0.3 is 10.2 Å². The lowest BCUT2D eigenvalue weighted by Crippen LogP contribution is -2.27.